The van der Waals surface area contributed by atoms with E-state index in [9.17, 15) is 9.59 Å². The molecule has 0 aromatic rings. The van der Waals surface area contributed by atoms with E-state index in [4.69, 9.17) is 5.11 Å². The molecule has 0 spiro atoms. The van der Waals surface area contributed by atoms with Crippen molar-refractivity contribution in [2.24, 2.45) is 0 Å². The Bertz CT molecular complexity index is 155. The Morgan fingerprint density at radius 1 is 1.67 bits per heavy atom. The van der Waals surface area contributed by atoms with Gasteiger partial charge >= 0.3 is 12.1 Å². The third-order valence-electron chi connectivity index (χ3n) is 0.696. The molecule has 0 bridgehead atoms. The van der Waals surface area contributed by atoms with Crippen LogP contribution in [-0.4, -0.2) is 30.8 Å². The molecule has 0 saturated carbocycles. The monoisotopic (exact) mass is 175 g/mol. The van der Waals surface area contributed by atoms with Gasteiger partial charge in [0.25, 0.3) is 0 Å². The van der Waals surface area contributed by atoms with Crippen LogP contribution in [0.2, 0.25) is 0 Å². The third-order valence-corrected chi connectivity index (χ3v) is 0.696. The van der Waals surface area contributed by atoms with Crippen molar-refractivity contribution >= 4 is 12.1 Å². The highest BCUT2D eigenvalue weighted by atomic mass is 16.5. The van der Waals surface area contributed by atoms with Crippen LogP contribution >= 0.6 is 0 Å². The summed E-state index contributed by atoms with van der Waals surface area (Å²) in [5, 5.41) is 9.93. The first-order valence-electron chi connectivity index (χ1n) is 3.25. The molecule has 0 atom stereocenters. The quantitative estimate of drug-likeness (QED) is 0.476. The van der Waals surface area contributed by atoms with Crippen LogP contribution in [0, 0.1) is 0 Å². The average molecular weight is 175 g/mol. The number of esters is 1. The summed E-state index contributed by atoms with van der Waals surface area (Å²) < 4.78 is 4.14. The van der Waals surface area contributed by atoms with E-state index in [2.05, 4.69) is 16.6 Å². The Kier molecular flexibility index (Phi) is 10.3. The van der Waals surface area contributed by atoms with Gasteiger partial charge in [0.1, 0.15) is 0 Å². The fraction of sp³-hybridized carbons (Fsp3) is 0.429. The number of ether oxygens (including phenoxy) is 1. The normalized spacial score (nSPS) is 7.17. The minimum Gasteiger partial charge on any atom is -0.466 e. The molecule has 5 nitrogen and oxygen atoms in total. The fourth-order valence-corrected chi connectivity index (χ4v) is 0.235. The second kappa shape index (κ2) is 9.48. The highest BCUT2D eigenvalue weighted by molar-refractivity contribution is 5.80. The van der Waals surface area contributed by atoms with Crippen LogP contribution in [0.4, 0.5) is 4.79 Å². The first-order valence-corrected chi connectivity index (χ1v) is 3.25. The van der Waals surface area contributed by atoms with Crippen LogP contribution in [0.1, 0.15) is 6.92 Å². The van der Waals surface area contributed by atoms with E-state index in [1.807, 2.05) is 0 Å². The van der Waals surface area contributed by atoms with E-state index in [0.29, 0.717) is 6.54 Å². The maximum Gasteiger partial charge on any atom is 0.404 e. The van der Waals surface area contributed by atoms with E-state index in [0.717, 1.165) is 6.08 Å². The summed E-state index contributed by atoms with van der Waals surface area (Å²) in [6.07, 6.45) is 0.150. The first kappa shape index (κ1) is 13.1. The van der Waals surface area contributed by atoms with Gasteiger partial charge in [0.05, 0.1) is 7.11 Å². The number of carboxylic acid groups (broad SMARTS) is 1. The first-order chi connectivity index (χ1) is 5.58. The van der Waals surface area contributed by atoms with Crippen LogP contribution in [0.3, 0.4) is 0 Å². The molecule has 0 aliphatic carbocycles. The van der Waals surface area contributed by atoms with Crippen molar-refractivity contribution in [3.63, 3.8) is 0 Å². The second-order valence-corrected chi connectivity index (χ2v) is 1.56. The van der Waals surface area contributed by atoms with Gasteiger partial charge in [-0.15, -0.1) is 0 Å². The van der Waals surface area contributed by atoms with Gasteiger partial charge in [-0.25, -0.2) is 9.59 Å². The molecule has 12 heavy (non-hydrogen) atoms. The summed E-state index contributed by atoms with van der Waals surface area (Å²) >= 11 is 0. The minimum absolute atomic E-state index is 0.394. The molecular formula is C7H13NO4. The lowest BCUT2D eigenvalue weighted by Crippen LogP contribution is -2.19. The highest BCUT2D eigenvalue weighted by Crippen LogP contribution is 1.67. The number of carbonyl (C=O) groups excluding carboxylic acids is 1. The van der Waals surface area contributed by atoms with Crippen molar-refractivity contribution in [1.29, 1.82) is 0 Å². The van der Waals surface area contributed by atoms with Crippen LogP contribution < -0.4 is 5.32 Å². The summed E-state index contributed by atoms with van der Waals surface area (Å²) in [4.78, 5) is 19.3. The molecule has 0 fully saturated rings. The van der Waals surface area contributed by atoms with E-state index >= 15 is 0 Å². The Balaban J connectivity index is 0. The molecule has 70 valence electrons. The number of hydrogen-bond donors (Lipinski definition) is 2. The van der Waals surface area contributed by atoms with Crippen molar-refractivity contribution in [3.8, 4) is 0 Å². The number of carbonyl (C=O) groups is 2. The van der Waals surface area contributed by atoms with Crippen LogP contribution in [0.5, 0.6) is 0 Å². The SMILES string of the molecule is C=CC(=O)OC.CCNC(=O)O. The van der Waals surface area contributed by atoms with Crippen molar-refractivity contribution < 1.29 is 19.4 Å². The van der Waals surface area contributed by atoms with Crippen molar-refractivity contribution in [1.82, 2.24) is 5.32 Å². The topological polar surface area (TPSA) is 75.6 Å². The average Bonchev–Trinajstić information content (AvgIpc) is 2.04. The molecule has 0 rings (SSSR count). The maximum absolute atomic E-state index is 9.84. The second-order valence-electron chi connectivity index (χ2n) is 1.56. The Hall–Kier alpha value is -1.52. The van der Waals surface area contributed by atoms with E-state index in [1.165, 1.54) is 7.11 Å². The van der Waals surface area contributed by atoms with Gasteiger partial charge in [0, 0.05) is 12.6 Å². The highest BCUT2D eigenvalue weighted by Gasteiger charge is 1.83. The molecule has 0 aliphatic rings. The predicted octanol–water partition coefficient (Wildman–Crippen LogP) is 0.619. The zero-order valence-corrected chi connectivity index (χ0v) is 7.16. The summed E-state index contributed by atoms with van der Waals surface area (Å²) in [5.41, 5.74) is 0. The number of nitrogens with one attached hydrogen (secondary N) is 1. The fourth-order valence-electron chi connectivity index (χ4n) is 0.235. The smallest absolute Gasteiger partial charge is 0.404 e. The Morgan fingerprint density at radius 2 is 2.17 bits per heavy atom. The molecule has 5 heteroatoms. The van der Waals surface area contributed by atoms with Gasteiger partial charge in [0.15, 0.2) is 0 Å². The molecule has 0 aromatic carbocycles. The lowest BCUT2D eigenvalue weighted by Gasteiger charge is -1.87. The molecule has 0 radical (unpaired) electrons. The zero-order valence-electron chi connectivity index (χ0n) is 7.16. The largest absolute Gasteiger partial charge is 0.466 e. The van der Waals surface area contributed by atoms with Gasteiger partial charge in [-0.05, 0) is 6.92 Å². The Morgan fingerprint density at radius 3 is 2.17 bits per heavy atom. The van der Waals surface area contributed by atoms with Gasteiger partial charge in [-0.3, -0.25) is 0 Å². The number of amides is 1. The minimum atomic E-state index is -0.961. The van der Waals surface area contributed by atoms with Gasteiger partial charge in [0.2, 0.25) is 0 Å². The zero-order chi connectivity index (χ0) is 9.98. The van der Waals surface area contributed by atoms with Crippen LogP contribution in [0.25, 0.3) is 0 Å². The van der Waals surface area contributed by atoms with E-state index in [-0.39, 0.29) is 0 Å². The number of hydrogen-bond acceptors (Lipinski definition) is 3. The third kappa shape index (κ3) is 15.8. The molecule has 2 N–H and O–H groups in total. The number of rotatable bonds is 2. The van der Waals surface area contributed by atoms with E-state index in [1.54, 1.807) is 6.92 Å². The lowest BCUT2D eigenvalue weighted by molar-refractivity contribution is -0.134. The Labute approximate surface area is 71.0 Å². The molecular weight excluding hydrogens is 162 g/mol. The standard InChI is InChI=1S/C4H6O2.C3H7NO2/c1-3-4(5)6-2;1-2-4-3(5)6/h3H,1H2,2H3;4H,2H2,1H3,(H,5,6). The number of methoxy groups -OCH3 is 1. The molecule has 0 heterocycles. The summed E-state index contributed by atoms with van der Waals surface area (Å²) in [7, 11) is 1.31. The summed E-state index contributed by atoms with van der Waals surface area (Å²) in [6, 6.07) is 0. The van der Waals surface area contributed by atoms with Gasteiger partial charge < -0.3 is 15.2 Å². The summed E-state index contributed by atoms with van der Waals surface area (Å²) in [6.45, 7) is 5.37. The van der Waals surface area contributed by atoms with E-state index < -0.39 is 12.1 Å². The van der Waals surface area contributed by atoms with Crippen LogP contribution in [-0.2, 0) is 9.53 Å². The van der Waals surface area contributed by atoms with Crippen molar-refractivity contribution in [2.45, 2.75) is 6.92 Å². The maximum atomic E-state index is 9.84. The molecule has 0 unspecified atom stereocenters. The summed E-state index contributed by atoms with van der Waals surface area (Å²) in [5.74, 6) is -0.394. The predicted molar refractivity (Wildman–Crippen MR) is 43.9 cm³/mol. The van der Waals surface area contributed by atoms with Crippen molar-refractivity contribution in [3.05, 3.63) is 12.7 Å². The molecule has 0 saturated heterocycles. The van der Waals surface area contributed by atoms with Gasteiger partial charge in [-0.2, -0.15) is 0 Å². The molecule has 0 aliphatic heterocycles. The van der Waals surface area contributed by atoms with Crippen LogP contribution in [0.15, 0.2) is 12.7 Å². The van der Waals surface area contributed by atoms with Gasteiger partial charge in [-0.1, -0.05) is 6.58 Å². The van der Waals surface area contributed by atoms with Crippen molar-refractivity contribution in [2.75, 3.05) is 13.7 Å². The molecule has 0 aromatic heterocycles. The molecule has 1 amide bonds. The lowest BCUT2D eigenvalue weighted by atomic mass is 10.7.